The Morgan fingerprint density at radius 3 is 1.59 bits per heavy atom. The molecular weight excluding hydrogens is 340 g/mol. The van der Waals surface area contributed by atoms with Crippen molar-refractivity contribution in [1.82, 2.24) is 9.97 Å². The fourth-order valence-electron chi connectivity index (χ4n) is 2.62. The fraction of sp³-hybridized carbons (Fsp3) is 0.143. The highest BCUT2D eigenvalue weighted by Crippen LogP contribution is 2.22. The summed E-state index contributed by atoms with van der Waals surface area (Å²) in [4.78, 5) is 31.9. The van der Waals surface area contributed by atoms with E-state index in [1.165, 1.54) is 13.8 Å². The zero-order valence-corrected chi connectivity index (χ0v) is 15.4. The van der Waals surface area contributed by atoms with Crippen molar-refractivity contribution in [2.24, 2.45) is 0 Å². The molecule has 0 atom stereocenters. The third kappa shape index (κ3) is 4.76. The van der Waals surface area contributed by atoms with Gasteiger partial charge in [0.1, 0.15) is 17.5 Å². The van der Waals surface area contributed by atoms with Crippen molar-refractivity contribution in [2.75, 3.05) is 10.6 Å². The first-order valence-corrected chi connectivity index (χ1v) is 8.52. The number of hydrogen-bond acceptors (Lipinski definition) is 6. The summed E-state index contributed by atoms with van der Waals surface area (Å²) in [5, 5.41) is 6.40. The van der Waals surface area contributed by atoms with Crippen LogP contribution in [-0.4, -0.2) is 21.5 Å². The van der Waals surface area contributed by atoms with Crippen molar-refractivity contribution in [3.8, 4) is 0 Å². The van der Waals surface area contributed by atoms with Crippen LogP contribution in [-0.2, 0) is 0 Å². The average Bonchev–Trinajstić information content (AvgIpc) is 2.61. The van der Waals surface area contributed by atoms with Crippen LogP contribution < -0.4 is 10.6 Å². The summed E-state index contributed by atoms with van der Waals surface area (Å²) < 4.78 is 0. The Labute approximate surface area is 157 Å². The first-order chi connectivity index (χ1) is 12.9. The Kier molecular flexibility index (Phi) is 5.26. The van der Waals surface area contributed by atoms with Crippen LogP contribution in [0.15, 0.2) is 54.6 Å². The first kappa shape index (κ1) is 18.3. The van der Waals surface area contributed by atoms with E-state index in [9.17, 15) is 9.59 Å². The Bertz CT molecular complexity index is 937. The standard InChI is InChI=1S/C21H20N4O2/c1-13(26)16-6-4-8-18(10-16)24-20-12-21(23-15(3)22-20)25-19-9-5-7-17(11-19)14(2)27/h4-12H,1-3H3,(H2,22,23,24,25). The summed E-state index contributed by atoms with van der Waals surface area (Å²) >= 11 is 0. The third-order valence-corrected chi connectivity index (χ3v) is 3.92. The minimum atomic E-state index is 0.00484. The lowest BCUT2D eigenvalue weighted by atomic mass is 10.1. The molecule has 27 heavy (non-hydrogen) atoms. The van der Waals surface area contributed by atoms with Crippen LogP contribution >= 0.6 is 0 Å². The highest BCUT2D eigenvalue weighted by molar-refractivity contribution is 5.95. The maximum Gasteiger partial charge on any atom is 0.159 e. The quantitative estimate of drug-likeness (QED) is 0.621. The molecule has 0 saturated carbocycles. The second-order valence-electron chi connectivity index (χ2n) is 6.21. The van der Waals surface area contributed by atoms with E-state index >= 15 is 0 Å². The van der Waals surface area contributed by atoms with Gasteiger partial charge >= 0.3 is 0 Å². The van der Waals surface area contributed by atoms with Crippen molar-refractivity contribution in [3.63, 3.8) is 0 Å². The molecular formula is C21H20N4O2. The molecule has 6 heteroatoms. The van der Waals surface area contributed by atoms with Gasteiger partial charge < -0.3 is 10.6 Å². The molecule has 0 unspecified atom stereocenters. The highest BCUT2D eigenvalue weighted by atomic mass is 16.1. The predicted octanol–water partition coefficient (Wildman–Crippen LogP) is 4.68. The summed E-state index contributed by atoms with van der Waals surface area (Å²) in [6, 6.07) is 16.3. The fourth-order valence-corrected chi connectivity index (χ4v) is 2.62. The van der Waals surface area contributed by atoms with Gasteiger partial charge in [0, 0.05) is 28.6 Å². The minimum absolute atomic E-state index is 0.00484. The molecule has 1 aromatic heterocycles. The van der Waals surface area contributed by atoms with Gasteiger partial charge in [0.25, 0.3) is 0 Å². The summed E-state index contributed by atoms with van der Waals surface area (Å²) in [7, 11) is 0. The molecule has 0 saturated heterocycles. The van der Waals surface area contributed by atoms with Gasteiger partial charge in [-0.3, -0.25) is 9.59 Å². The maximum absolute atomic E-state index is 11.5. The lowest BCUT2D eigenvalue weighted by molar-refractivity contribution is 0.100. The number of ketones is 2. The van der Waals surface area contributed by atoms with Crippen LogP contribution in [0.4, 0.5) is 23.0 Å². The molecule has 0 radical (unpaired) electrons. The minimum Gasteiger partial charge on any atom is -0.340 e. The van der Waals surface area contributed by atoms with Crippen molar-refractivity contribution >= 4 is 34.6 Å². The second kappa shape index (κ2) is 7.78. The van der Waals surface area contributed by atoms with Crippen molar-refractivity contribution in [2.45, 2.75) is 20.8 Å². The molecule has 0 aliphatic carbocycles. The number of hydrogen-bond donors (Lipinski definition) is 2. The largest absolute Gasteiger partial charge is 0.340 e. The molecule has 0 aliphatic heterocycles. The van der Waals surface area contributed by atoms with Gasteiger partial charge in [0.2, 0.25) is 0 Å². The molecule has 3 rings (SSSR count). The van der Waals surface area contributed by atoms with E-state index in [1.54, 1.807) is 37.3 Å². The zero-order chi connectivity index (χ0) is 19.4. The Hall–Kier alpha value is -3.54. The molecule has 2 aromatic carbocycles. The monoisotopic (exact) mass is 360 g/mol. The molecule has 6 nitrogen and oxygen atoms in total. The van der Waals surface area contributed by atoms with Gasteiger partial charge in [-0.2, -0.15) is 0 Å². The summed E-state index contributed by atoms with van der Waals surface area (Å²) in [5.41, 5.74) is 2.80. The van der Waals surface area contributed by atoms with Crippen LogP contribution in [0.2, 0.25) is 0 Å². The van der Waals surface area contributed by atoms with Gasteiger partial charge in [-0.25, -0.2) is 9.97 Å². The lowest BCUT2D eigenvalue weighted by Gasteiger charge is -2.11. The Morgan fingerprint density at radius 2 is 1.19 bits per heavy atom. The van der Waals surface area contributed by atoms with Crippen LogP contribution in [0.25, 0.3) is 0 Å². The van der Waals surface area contributed by atoms with E-state index in [1.807, 2.05) is 24.3 Å². The molecule has 1 heterocycles. The number of nitrogens with one attached hydrogen (secondary N) is 2. The average molecular weight is 360 g/mol. The van der Waals surface area contributed by atoms with Crippen LogP contribution in [0.1, 0.15) is 40.4 Å². The maximum atomic E-state index is 11.5. The van der Waals surface area contributed by atoms with E-state index in [2.05, 4.69) is 20.6 Å². The number of aryl methyl sites for hydroxylation is 1. The molecule has 0 fully saturated rings. The number of nitrogens with zero attached hydrogens (tertiary/aromatic N) is 2. The molecule has 136 valence electrons. The predicted molar refractivity (Wildman–Crippen MR) is 106 cm³/mol. The first-order valence-electron chi connectivity index (χ1n) is 8.52. The lowest BCUT2D eigenvalue weighted by Crippen LogP contribution is -2.02. The number of aromatic nitrogens is 2. The zero-order valence-electron chi connectivity index (χ0n) is 15.4. The molecule has 2 N–H and O–H groups in total. The Morgan fingerprint density at radius 1 is 0.741 bits per heavy atom. The van der Waals surface area contributed by atoms with Crippen molar-refractivity contribution < 1.29 is 9.59 Å². The molecule has 0 bridgehead atoms. The smallest absolute Gasteiger partial charge is 0.159 e. The number of rotatable bonds is 6. The summed E-state index contributed by atoms with van der Waals surface area (Å²) in [6.07, 6.45) is 0. The topological polar surface area (TPSA) is 84.0 Å². The number of carbonyl (C=O) groups excluding carboxylic acids is 2. The van der Waals surface area contributed by atoms with Gasteiger partial charge in [-0.15, -0.1) is 0 Å². The Balaban J connectivity index is 1.84. The summed E-state index contributed by atoms with van der Waals surface area (Å²) in [5.74, 6) is 1.81. The van der Waals surface area contributed by atoms with E-state index in [0.717, 1.165) is 11.4 Å². The number of anilines is 4. The van der Waals surface area contributed by atoms with E-state index in [0.29, 0.717) is 28.6 Å². The van der Waals surface area contributed by atoms with Crippen LogP contribution in [0, 0.1) is 6.92 Å². The van der Waals surface area contributed by atoms with Gasteiger partial charge in [-0.1, -0.05) is 24.3 Å². The number of Topliss-reactive ketones (excluding diaryl/α,β-unsaturated/α-hetero) is 2. The second-order valence-corrected chi connectivity index (χ2v) is 6.21. The third-order valence-electron chi connectivity index (χ3n) is 3.92. The molecule has 0 aliphatic rings. The number of carbonyl (C=O) groups is 2. The van der Waals surface area contributed by atoms with E-state index < -0.39 is 0 Å². The summed E-state index contributed by atoms with van der Waals surface area (Å²) in [6.45, 7) is 4.87. The van der Waals surface area contributed by atoms with Crippen molar-refractivity contribution in [1.29, 1.82) is 0 Å². The van der Waals surface area contributed by atoms with Crippen molar-refractivity contribution in [3.05, 3.63) is 71.5 Å². The van der Waals surface area contributed by atoms with Gasteiger partial charge in [0.15, 0.2) is 11.6 Å². The van der Waals surface area contributed by atoms with E-state index in [-0.39, 0.29) is 11.6 Å². The SMILES string of the molecule is CC(=O)c1cccc(Nc2cc(Nc3cccc(C(C)=O)c3)nc(C)n2)c1. The highest BCUT2D eigenvalue weighted by Gasteiger charge is 2.06. The van der Waals surface area contributed by atoms with Gasteiger partial charge in [-0.05, 0) is 45.0 Å². The number of benzene rings is 2. The van der Waals surface area contributed by atoms with Gasteiger partial charge in [0.05, 0.1) is 0 Å². The van der Waals surface area contributed by atoms with Crippen LogP contribution in [0.3, 0.4) is 0 Å². The normalized spacial score (nSPS) is 10.3. The molecule has 3 aromatic rings. The van der Waals surface area contributed by atoms with Crippen LogP contribution in [0.5, 0.6) is 0 Å². The molecule has 0 amide bonds. The molecule has 0 spiro atoms. The van der Waals surface area contributed by atoms with E-state index in [4.69, 9.17) is 0 Å².